The highest BCUT2D eigenvalue weighted by Gasteiger charge is 2.27. The number of hydrogen-bond acceptors (Lipinski definition) is 4. The van der Waals surface area contributed by atoms with E-state index in [1.807, 2.05) is 6.20 Å². The molecule has 3 heterocycles. The van der Waals surface area contributed by atoms with E-state index in [-0.39, 0.29) is 0 Å². The normalized spacial score (nSPS) is 23.3. The van der Waals surface area contributed by atoms with Crippen LogP contribution in [0.5, 0.6) is 0 Å². The molecule has 100 valence electrons. The molecule has 1 unspecified atom stereocenters. The molecular formula is C14H18N4S. The predicted octanol–water partition coefficient (Wildman–Crippen LogP) is 3.40. The van der Waals surface area contributed by atoms with E-state index >= 15 is 0 Å². The average Bonchev–Trinajstić information content (AvgIpc) is 3.18. The van der Waals surface area contributed by atoms with Crippen LogP contribution >= 0.6 is 11.3 Å². The van der Waals surface area contributed by atoms with E-state index in [2.05, 4.69) is 26.4 Å². The molecule has 2 aromatic rings. The zero-order valence-corrected chi connectivity index (χ0v) is 11.7. The Morgan fingerprint density at radius 1 is 1.26 bits per heavy atom. The van der Waals surface area contributed by atoms with Gasteiger partial charge in [0.25, 0.3) is 0 Å². The molecule has 0 amide bonds. The highest BCUT2D eigenvalue weighted by molar-refractivity contribution is 7.09. The van der Waals surface area contributed by atoms with E-state index in [1.165, 1.54) is 42.2 Å². The Morgan fingerprint density at radius 3 is 2.95 bits per heavy atom. The van der Waals surface area contributed by atoms with Crippen LogP contribution in [-0.4, -0.2) is 21.3 Å². The summed E-state index contributed by atoms with van der Waals surface area (Å²) in [5.74, 6) is 1.85. The average molecular weight is 274 g/mol. The van der Waals surface area contributed by atoms with E-state index in [0.717, 1.165) is 13.0 Å². The van der Waals surface area contributed by atoms with Crippen LogP contribution in [0, 0.1) is 0 Å². The fraction of sp³-hybridized carbons (Fsp3) is 0.571. The molecule has 2 aliphatic rings. The lowest BCUT2D eigenvalue weighted by Gasteiger charge is -2.23. The van der Waals surface area contributed by atoms with Crippen molar-refractivity contribution in [2.45, 2.75) is 44.1 Å². The summed E-state index contributed by atoms with van der Waals surface area (Å²) in [6, 6.07) is 2.59. The minimum Gasteiger partial charge on any atom is -0.370 e. The van der Waals surface area contributed by atoms with Crippen LogP contribution in [0.4, 0.5) is 5.82 Å². The molecule has 0 spiro atoms. The first-order chi connectivity index (χ1) is 9.42. The van der Waals surface area contributed by atoms with Gasteiger partial charge in [0.05, 0.1) is 5.69 Å². The van der Waals surface area contributed by atoms with Gasteiger partial charge in [0.1, 0.15) is 16.9 Å². The van der Waals surface area contributed by atoms with Gasteiger partial charge in [-0.05, 0) is 19.3 Å². The second kappa shape index (κ2) is 4.63. The van der Waals surface area contributed by atoms with Gasteiger partial charge in [0.2, 0.25) is 0 Å². The summed E-state index contributed by atoms with van der Waals surface area (Å²) in [5.41, 5.74) is 1.28. The molecule has 2 aromatic heterocycles. The van der Waals surface area contributed by atoms with Gasteiger partial charge in [-0.25, -0.2) is 9.67 Å². The summed E-state index contributed by atoms with van der Waals surface area (Å²) in [6.45, 7) is 1.01. The highest BCUT2D eigenvalue weighted by atomic mass is 32.1. The van der Waals surface area contributed by atoms with Gasteiger partial charge >= 0.3 is 0 Å². The summed E-state index contributed by atoms with van der Waals surface area (Å²) in [4.78, 5) is 4.48. The second-order valence-corrected chi connectivity index (χ2v) is 6.41. The number of thiazole rings is 1. The number of nitrogens with one attached hydrogen (secondary N) is 1. The van der Waals surface area contributed by atoms with Crippen molar-refractivity contribution in [1.82, 2.24) is 14.8 Å². The number of rotatable bonds is 2. The Bertz CT molecular complexity index is 554. The monoisotopic (exact) mass is 274 g/mol. The van der Waals surface area contributed by atoms with Crippen molar-refractivity contribution in [3.8, 4) is 0 Å². The Kier molecular flexibility index (Phi) is 2.80. The van der Waals surface area contributed by atoms with Crippen molar-refractivity contribution in [3.63, 3.8) is 0 Å². The van der Waals surface area contributed by atoms with E-state index < -0.39 is 0 Å². The van der Waals surface area contributed by atoms with Crippen molar-refractivity contribution >= 4 is 17.2 Å². The maximum atomic E-state index is 4.89. The highest BCUT2D eigenvalue weighted by Crippen LogP contribution is 2.37. The Labute approximate surface area is 116 Å². The Hall–Kier alpha value is -1.36. The smallest absolute Gasteiger partial charge is 0.125 e. The van der Waals surface area contributed by atoms with Gasteiger partial charge in [-0.2, -0.15) is 5.10 Å². The van der Waals surface area contributed by atoms with Crippen LogP contribution < -0.4 is 5.32 Å². The maximum absolute atomic E-state index is 4.89. The molecule has 4 rings (SSSR count). The van der Waals surface area contributed by atoms with Crippen LogP contribution in [0.3, 0.4) is 0 Å². The minimum absolute atomic E-state index is 0.325. The van der Waals surface area contributed by atoms with Crippen molar-refractivity contribution in [1.29, 1.82) is 0 Å². The van der Waals surface area contributed by atoms with Gasteiger partial charge in [0, 0.05) is 30.1 Å². The number of aromatic nitrogens is 3. The molecule has 0 aromatic carbocycles. The molecule has 1 saturated carbocycles. The van der Waals surface area contributed by atoms with Gasteiger partial charge in [0.15, 0.2) is 0 Å². The summed E-state index contributed by atoms with van der Waals surface area (Å²) in [6.07, 6.45) is 8.29. The standard InChI is InChI=1S/C14H18N4S/c1-2-4-10(3-1)11-9-13-15-6-5-12(18(13)17-11)14-16-7-8-19-14/h7-10,12,15H,1-6H2. The molecule has 1 atom stereocenters. The zero-order chi connectivity index (χ0) is 12.7. The SMILES string of the molecule is c1csc(C2CCNc3cc(C4CCCC4)nn32)n1. The lowest BCUT2D eigenvalue weighted by molar-refractivity contribution is 0.472. The molecule has 1 aliphatic heterocycles. The zero-order valence-electron chi connectivity index (χ0n) is 10.9. The molecule has 1 fully saturated rings. The first-order valence-electron chi connectivity index (χ1n) is 7.14. The van der Waals surface area contributed by atoms with E-state index in [4.69, 9.17) is 5.10 Å². The molecule has 5 heteroatoms. The number of hydrogen-bond donors (Lipinski definition) is 1. The third-order valence-corrected chi connectivity index (χ3v) is 5.16. The van der Waals surface area contributed by atoms with Crippen molar-refractivity contribution in [2.24, 2.45) is 0 Å². The van der Waals surface area contributed by atoms with Crippen LogP contribution in [0.25, 0.3) is 0 Å². The Balaban J connectivity index is 1.70. The van der Waals surface area contributed by atoms with Gasteiger partial charge in [-0.15, -0.1) is 11.3 Å². The fourth-order valence-electron chi connectivity index (χ4n) is 3.29. The summed E-state index contributed by atoms with van der Waals surface area (Å²) in [5, 5.41) is 11.6. The third-order valence-electron chi connectivity index (χ3n) is 4.28. The van der Waals surface area contributed by atoms with Gasteiger partial charge in [-0.1, -0.05) is 12.8 Å². The van der Waals surface area contributed by atoms with Crippen LogP contribution in [0.2, 0.25) is 0 Å². The Morgan fingerprint density at radius 2 is 2.16 bits per heavy atom. The summed E-state index contributed by atoms with van der Waals surface area (Å²) < 4.78 is 2.16. The molecule has 0 radical (unpaired) electrons. The lowest BCUT2D eigenvalue weighted by Crippen LogP contribution is -2.24. The van der Waals surface area contributed by atoms with Gasteiger partial charge in [-0.3, -0.25) is 0 Å². The van der Waals surface area contributed by atoms with Crippen molar-refractivity contribution in [3.05, 3.63) is 28.3 Å². The first-order valence-corrected chi connectivity index (χ1v) is 8.02. The van der Waals surface area contributed by atoms with Crippen molar-refractivity contribution < 1.29 is 0 Å². The number of fused-ring (bicyclic) bond motifs is 1. The maximum Gasteiger partial charge on any atom is 0.125 e. The minimum atomic E-state index is 0.325. The van der Waals surface area contributed by atoms with Crippen LogP contribution in [0.1, 0.15) is 54.8 Å². The van der Waals surface area contributed by atoms with Crippen molar-refractivity contribution in [2.75, 3.05) is 11.9 Å². The predicted molar refractivity (Wildman–Crippen MR) is 76.8 cm³/mol. The molecule has 4 nitrogen and oxygen atoms in total. The quantitative estimate of drug-likeness (QED) is 0.912. The lowest BCUT2D eigenvalue weighted by atomic mass is 10.0. The third kappa shape index (κ3) is 1.96. The van der Waals surface area contributed by atoms with Gasteiger partial charge < -0.3 is 5.32 Å². The van der Waals surface area contributed by atoms with Crippen LogP contribution in [-0.2, 0) is 0 Å². The largest absolute Gasteiger partial charge is 0.370 e. The van der Waals surface area contributed by atoms with Crippen LogP contribution in [0.15, 0.2) is 17.6 Å². The van der Waals surface area contributed by atoms with E-state index in [9.17, 15) is 0 Å². The molecule has 19 heavy (non-hydrogen) atoms. The second-order valence-electron chi connectivity index (χ2n) is 5.48. The number of nitrogens with zero attached hydrogens (tertiary/aromatic N) is 3. The summed E-state index contributed by atoms with van der Waals surface area (Å²) in [7, 11) is 0. The molecule has 1 N–H and O–H groups in total. The number of anilines is 1. The molecule has 0 bridgehead atoms. The molecule has 0 saturated heterocycles. The van der Waals surface area contributed by atoms with E-state index in [0.29, 0.717) is 12.0 Å². The fourth-order valence-corrected chi connectivity index (χ4v) is 4.05. The first kappa shape index (κ1) is 11.5. The van der Waals surface area contributed by atoms with E-state index in [1.54, 1.807) is 11.3 Å². The molecule has 1 aliphatic carbocycles. The topological polar surface area (TPSA) is 42.7 Å². The molecular weight excluding hydrogens is 256 g/mol. The summed E-state index contributed by atoms with van der Waals surface area (Å²) >= 11 is 1.73.